The zero-order valence-corrected chi connectivity index (χ0v) is 13.0. The molecule has 0 spiro atoms. The molecule has 0 fully saturated rings. The molecule has 0 aliphatic rings. The topological polar surface area (TPSA) is 50.4 Å². The van der Waals surface area contributed by atoms with Gasteiger partial charge in [-0.1, -0.05) is 35.3 Å². The van der Waals surface area contributed by atoms with Crippen molar-refractivity contribution in [3.05, 3.63) is 52.0 Å². The number of rotatable bonds is 3. The first-order valence-corrected chi connectivity index (χ1v) is 6.93. The molecular weight excluding hydrogens is 311 g/mol. The van der Waals surface area contributed by atoms with E-state index in [0.717, 1.165) is 5.56 Å². The summed E-state index contributed by atoms with van der Waals surface area (Å²) in [4.78, 5) is 12.0. The van der Waals surface area contributed by atoms with E-state index in [1.54, 1.807) is 31.4 Å². The van der Waals surface area contributed by atoms with Crippen LogP contribution in [0.2, 0.25) is 10.0 Å². The summed E-state index contributed by atoms with van der Waals surface area (Å²) in [5, 5.41) is 6.04. The molecule has 21 heavy (non-hydrogen) atoms. The van der Waals surface area contributed by atoms with Crippen LogP contribution in [0.25, 0.3) is 0 Å². The van der Waals surface area contributed by atoms with Gasteiger partial charge in [0.1, 0.15) is 5.75 Å². The fourth-order valence-corrected chi connectivity index (χ4v) is 2.14. The van der Waals surface area contributed by atoms with Crippen molar-refractivity contribution in [1.82, 2.24) is 0 Å². The minimum Gasteiger partial charge on any atom is -0.495 e. The molecule has 0 aromatic heterocycles. The molecule has 0 atom stereocenters. The minimum absolute atomic E-state index is 0.297. The molecule has 0 saturated carbocycles. The van der Waals surface area contributed by atoms with Gasteiger partial charge in [0.2, 0.25) is 0 Å². The molecule has 0 aliphatic carbocycles. The van der Waals surface area contributed by atoms with E-state index >= 15 is 0 Å². The molecular formula is C15H14Cl2N2O2. The predicted molar refractivity (Wildman–Crippen MR) is 86.8 cm³/mol. The first kappa shape index (κ1) is 15.5. The van der Waals surface area contributed by atoms with E-state index in [2.05, 4.69) is 10.6 Å². The maximum Gasteiger partial charge on any atom is 0.323 e. The highest BCUT2D eigenvalue weighted by Gasteiger charge is 2.10. The average molecular weight is 325 g/mol. The van der Waals surface area contributed by atoms with Crippen LogP contribution in [-0.4, -0.2) is 13.1 Å². The molecule has 6 heteroatoms. The van der Waals surface area contributed by atoms with Crippen LogP contribution < -0.4 is 15.4 Å². The van der Waals surface area contributed by atoms with Crippen LogP contribution >= 0.6 is 23.2 Å². The maximum absolute atomic E-state index is 12.0. The van der Waals surface area contributed by atoms with Crippen molar-refractivity contribution in [3.8, 4) is 5.75 Å². The van der Waals surface area contributed by atoms with Crippen LogP contribution in [0.15, 0.2) is 36.4 Å². The highest BCUT2D eigenvalue weighted by molar-refractivity contribution is 6.44. The number of anilines is 2. The molecule has 0 heterocycles. The van der Waals surface area contributed by atoms with E-state index in [9.17, 15) is 4.79 Å². The Balaban J connectivity index is 2.15. The van der Waals surface area contributed by atoms with Crippen molar-refractivity contribution < 1.29 is 9.53 Å². The number of carbonyl (C=O) groups excluding carboxylic acids is 1. The lowest BCUT2D eigenvalue weighted by Gasteiger charge is -2.13. The Hall–Kier alpha value is -1.91. The number of benzene rings is 2. The summed E-state index contributed by atoms with van der Waals surface area (Å²) < 4.78 is 5.20. The average Bonchev–Trinajstić information content (AvgIpc) is 2.44. The molecule has 4 nitrogen and oxygen atoms in total. The molecule has 0 aliphatic heterocycles. The SMILES string of the molecule is COc1ccc(C)cc1NC(=O)Nc1cccc(Cl)c1Cl. The summed E-state index contributed by atoms with van der Waals surface area (Å²) in [6, 6.07) is 10.1. The summed E-state index contributed by atoms with van der Waals surface area (Å²) >= 11 is 11.9. The van der Waals surface area contributed by atoms with E-state index < -0.39 is 6.03 Å². The van der Waals surface area contributed by atoms with Crippen LogP contribution in [0, 0.1) is 6.92 Å². The minimum atomic E-state index is -0.428. The van der Waals surface area contributed by atoms with Gasteiger partial charge in [-0.05, 0) is 36.8 Å². The number of nitrogens with one attached hydrogen (secondary N) is 2. The monoisotopic (exact) mass is 324 g/mol. The zero-order valence-electron chi connectivity index (χ0n) is 11.5. The maximum atomic E-state index is 12.0. The molecule has 0 bridgehead atoms. The van der Waals surface area contributed by atoms with Crippen molar-refractivity contribution in [3.63, 3.8) is 0 Å². The van der Waals surface area contributed by atoms with E-state index in [1.807, 2.05) is 19.1 Å². The number of halogens is 2. The number of hydrogen-bond donors (Lipinski definition) is 2. The third-order valence-electron chi connectivity index (χ3n) is 2.80. The lowest BCUT2D eigenvalue weighted by atomic mass is 10.2. The van der Waals surface area contributed by atoms with Gasteiger partial charge < -0.3 is 15.4 Å². The second-order valence-electron chi connectivity index (χ2n) is 4.38. The molecule has 2 aromatic rings. The van der Waals surface area contributed by atoms with Gasteiger partial charge in [0, 0.05) is 0 Å². The molecule has 2 aromatic carbocycles. The van der Waals surface area contributed by atoms with Crippen LogP contribution in [-0.2, 0) is 0 Å². The molecule has 2 amide bonds. The van der Waals surface area contributed by atoms with E-state index in [4.69, 9.17) is 27.9 Å². The Morgan fingerprint density at radius 3 is 2.52 bits per heavy atom. The standard InChI is InChI=1S/C15H14Cl2N2O2/c1-9-6-7-13(21-2)12(8-9)19-15(20)18-11-5-3-4-10(16)14(11)17/h3-8H,1-2H3,(H2,18,19,20). The third kappa shape index (κ3) is 3.80. The fraction of sp³-hybridized carbons (Fsp3) is 0.133. The molecule has 0 saturated heterocycles. The number of aryl methyl sites for hydroxylation is 1. The van der Waals surface area contributed by atoms with Gasteiger partial charge in [-0.25, -0.2) is 4.79 Å². The fourth-order valence-electron chi connectivity index (χ4n) is 1.80. The zero-order chi connectivity index (χ0) is 15.4. The first-order chi connectivity index (χ1) is 10.0. The largest absolute Gasteiger partial charge is 0.495 e. The molecule has 0 unspecified atom stereocenters. The summed E-state index contributed by atoms with van der Waals surface area (Å²) in [5.41, 5.74) is 2.02. The van der Waals surface area contributed by atoms with Gasteiger partial charge in [0.05, 0.1) is 28.5 Å². The highest BCUT2D eigenvalue weighted by Crippen LogP contribution is 2.30. The molecule has 2 N–H and O–H groups in total. The summed E-state index contributed by atoms with van der Waals surface area (Å²) in [6.07, 6.45) is 0. The highest BCUT2D eigenvalue weighted by atomic mass is 35.5. The van der Waals surface area contributed by atoms with Gasteiger partial charge in [-0.3, -0.25) is 0 Å². The van der Waals surface area contributed by atoms with Crippen molar-refractivity contribution in [2.45, 2.75) is 6.92 Å². The van der Waals surface area contributed by atoms with E-state index in [0.29, 0.717) is 27.2 Å². The van der Waals surface area contributed by atoms with Crippen LogP contribution in [0.5, 0.6) is 5.75 Å². The second kappa shape index (κ2) is 6.70. The van der Waals surface area contributed by atoms with Gasteiger partial charge in [-0.2, -0.15) is 0 Å². The van der Waals surface area contributed by atoms with Crippen LogP contribution in [0.1, 0.15) is 5.56 Å². The second-order valence-corrected chi connectivity index (χ2v) is 5.17. The molecule has 110 valence electrons. The number of carbonyl (C=O) groups is 1. The predicted octanol–water partition coefficient (Wildman–Crippen LogP) is 4.95. The van der Waals surface area contributed by atoms with E-state index in [-0.39, 0.29) is 0 Å². The van der Waals surface area contributed by atoms with Gasteiger partial charge in [0.25, 0.3) is 0 Å². The number of urea groups is 1. The lowest BCUT2D eigenvalue weighted by molar-refractivity contribution is 0.262. The Labute approximate surface area is 133 Å². The van der Waals surface area contributed by atoms with Crippen molar-refractivity contribution in [1.29, 1.82) is 0 Å². The Morgan fingerprint density at radius 1 is 1.10 bits per heavy atom. The smallest absolute Gasteiger partial charge is 0.323 e. The summed E-state index contributed by atoms with van der Waals surface area (Å²) in [7, 11) is 1.54. The van der Waals surface area contributed by atoms with Gasteiger partial charge >= 0.3 is 6.03 Å². The van der Waals surface area contributed by atoms with Crippen LogP contribution in [0.3, 0.4) is 0 Å². The normalized spacial score (nSPS) is 10.1. The Bertz CT molecular complexity index is 675. The number of ether oxygens (including phenoxy) is 1. The van der Waals surface area contributed by atoms with Crippen molar-refractivity contribution >= 4 is 40.6 Å². The molecule has 2 rings (SSSR count). The third-order valence-corrected chi connectivity index (χ3v) is 3.62. The lowest BCUT2D eigenvalue weighted by Crippen LogP contribution is -2.20. The quantitative estimate of drug-likeness (QED) is 0.838. The summed E-state index contributed by atoms with van der Waals surface area (Å²) in [5.74, 6) is 0.577. The number of hydrogen-bond acceptors (Lipinski definition) is 2. The van der Waals surface area contributed by atoms with Gasteiger partial charge in [-0.15, -0.1) is 0 Å². The van der Waals surface area contributed by atoms with Gasteiger partial charge in [0.15, 0.2) is 0 Å². The number of amides is 2. The van der Waals surface area contributed by atoms with Crippen LogP contribution in [0.4, 0.5) is 16.2 Å². The first-order valence-electron chi connectivity index (χ1n) is 6.18. The molecule has 0 radical (unpaired) electrons. The Kier molecular flexibility index (Phi) is 4.94. The van der Waals surface area contributed by atoms with Crippen molar-refractivity contribution in [2.24, 2.45) is 0 Å². The summed E-state index contributed by atoms with van der Waals surface area (Å²) in [6.45, 7) is 1.93. The van der Waals surface area contributed by atoms with E-state index in [1.165, 1.54) is 0 Å². The van der Waals surface area contributed by atoms with Crippen molar-refractivity contribution in [2.75, 3.05) is 17.7 Å². The Morgan fingerprint density at radius 2 is 1.81 bits per heavy atom. The number of methoxy groups -OCH3 is 1.